The van der Waals surface area contributed by atoms with E-state index in [-0.39, 0.29) is 22.3 Å². The molecular formula is C69H39F3N10. The number of hydrogen-bond acceptors (Lipinski definition) is 8. The Morgan fingerprint density at radius 2 is 0.683 bits per heavy atom. The van der Waals surface area contributed by atoms with Crippen LogP contribution in [0.1, 0.15) is 16.7 Å². The predicted octanol–water partition coefficient (Wildman–Crippen LogP) is 16.7. The van der Waals surface area contributed by atoms with Gasteiger partial charge in [0.15, 0.2) is 34.9 Å². The first kappa shape index (κ1) is 48.9. The molecule has 10 nitrogen and oxygen atoms in total. The van der Waals surface area contributed by atoms with Gasteiger partial charge < -0.3 is 9.13 Å². The van der Waals surface area contributed by atoms with Gasteiger partial charge in [-0.1, -0.05) is 188 Å². The first-order chi connectivity index (χ1) is 40.2. The van der Waals surface area contributed by atoms with Crippen LogP contribution >= 0.6 is 0 Å². The normalized spacial score (nSPS) is 11.6. The predicted molar refractivity (Wildman–Crippen MR) is 314 cm³/mol. The SMILES string of the molecule is N#Cc1ccc(-c2cc(-n3c4ccccc4c4ccc(-c5nc(-c6ccccc6)nc(-c6ccccc6)n5)cc43)c(-n3c4ccccc4c4ccc(-c5nc(-c6ccccc6)nc(-c6ccccc6)n5)cc43)cc2C#N)c(C(F)(F)F)c1. The molecule has 0 unspecified atom stereocenters. The lowest BCUT2D eigenvalue weighted by atomic mass is 9.92. The molecule has 0 atom stereocenters. The molecule has 4 aromatic heterocycles. The third kappa shape index (κ3) is 8.54. The number of aromatic nitrogens is 8. The molecule has 0 saturated carbocycles. The number of nitriles is 2. The van der Waals surface area contributed by atoms with Crippen LogP contribution in [-0.2, 0) is 6.18 Å². The van der Waals surface area contributed by atoms with Crippen LogP contribution in [0.3, 0.4) is 0 Å². The standard InChI is InChI=1S/C69H39F3N10/c70-69(71,72)56-35-42(40-73)29-32-50(56)55-39-62(82-58-28-16-14-26-52(58)54-34-31-48(37-60(54)82)68-79-65(45-21-9-3-10-22-45)76-66(80-68)46-23-11-4-12-24-46)61(38-49(55)41-74)81-57-27-15-13-25-51(57)53-33-30-47(36-59(53)81)67-77-63(43-17-5-1-6-18-43)75-64(78-67)44-19-7-2-8-20-44/h1-39H. The molecule has 0 bridgehead atoms. The Morgan fingerprint density at radius 3 is 1.07 bits per heavy atom. The molecule has 10 aromatic carbocycles. The van der Waals surface area contributed by atoms with Crippen molar-refractivity contribution in [2.75, 3.05) is 0 Å². The minimum absolute atomic E-state index is 0.0196. The van der Waals surface area contributed by atoms with Crippen molar-refractivity contribution in [3.05, 3.63) is 253 Å². The maximum atomic E-state index is 15.4. The molecule has 386 valence electrons. The lowest BCUT2D eigenvalue weighted by molar-refractivity contribution is -0.137. The number of benzene rings is 10. The van der Waals surface area contributed by atoms with Gasteiger partial charge in [0.05, 0.1) is 62.3 Å². The van der Waals surface area contributed by atoms with E-state index in [2.05, 4.69) is 10.6 Å². The number of alkyl halides is 3. The Balaban J connectivity index is 1.07. The summed E-state index contributed by atoms with van der Waals surface area (Å²) in [6, 6.07) is 77.5. The fourth-order valence-corrected chi connectivity index (χ4v) is 10.9. The van der Waals surface area contributed by atoms with Gasteiger partial charge in [-0.05, 0) is 54.1 Å². The van der Waals surface area contributed by atoms with E-state index in [9.17, 15) is 10.5 Å². The van der Waals surface area contributed by atoms with Gasteiger partial charge in [0, 0.05) is 60.5 Å². The van der Waals surface area contributed by atoms with Crippen molar-refractivity contribution in [3.63, 3.8) is 0 Å². The van der Waals surface area contributed by atoms with Gasteiger partial charge in [0.1, 0.15) is 0 Å². The summed E-state index contributed by atoms with van der Waals surface area (Å²) in [6.45, 7) is 0. The number of rotatable bonds is 9. The highest BCUT2D eigenvalue weighted by Gasteiger charge is 2.35. The lowest BCUT2D eigenvalue weighted by Crippen LogP contribution is -2.10. The molecule has 0 N–H and O–H groups in total. The van der Waals surface area contributed by atoms with Gasteiger partial charge in [0.2, 0.25) is 0 Å². The Hall–Kier alpha value is -11.4. The van der Waals surface area contributed by atoms with Crippen molar-refractivity contribution < 1.29 is 13.2 Å². The highest BCUT2D eigenvalue weighted by atomic mass is 19.4. The largest absolute Gasteiger partial charge is 0.417 e. The van der Waals surface area contributed by atoms with Crippen molar-refractivity contribution in [2.45, 2.75) is 6.18 Å². The monoisotopic (exact) mass is 1060 g/mol. The van der Waals surface area contributed by atoms with Crippen molar-refractivity contribution >= 4 is 43.6 Å². The van der Waals surface area contributed by atoms with E-state index in [4.69, 9.17) is 29.9 Å². The number of halogens is 3. The number of para-hydroxylation sites is 2. The molecule has 0 aliphatic carbocycles. The van der Waals surface area contributed by atoms with Crippen molar-refractivity contribution in [1.29, 1.82) is 10.5 Å². The molecule has 13 heteroatoms. The van der Waals surface area contributed by atoms with E-state index in [1.807, 2.05) is 217 Å². The highest BCUT2D eigenvalue weighted by molar-refractivity contribution is 6.13. The average Bonchev–Trinajstić information content (AvgIpc) is 3.45. The molecule has 0 spiro atoms. The van der Waals surface area contributed by atoms with Gasteiger partial charge >= 0.3 is 6.18 Å². The van der Waals surface area contributed by atoms with Gasteiger partial charge in [0.25, 0.3) is 0 Å². The van der Waals surface area contributed by atoms with E-state index in [0.29, 0.717) is 68.5 Å². The van der Waals surface area contributed by atoms with Crippen LogP contribution in [0.4, 0.5) is 13.2 Å². The fraction of sp³-hybridized carbons (Fsp3) is 0.0145. The molecule has 14 aromatic rings. The van der Waals surface area contributed by atoms with Gasteiger partial charge in [-0.15, -0.1) is 0 Å². The summed E-state index contributed by atoms with van der Waals surface area (Å²) >= 11 is 0. The molecule has 82 heavy (non-hydrogen) atoms. The van der Waals surface area contributed by atoms with Crippen LogP contribution in [0.15, 0.2) is 237 Å². The van der Waals surface area contributed by atoms with E-state index in [0.717, 1.165) is 60.9 Å². The third-order valence-electron chi connectivity index (χ3n) is 14.7. The van der Waals surface area contributed by atoms with Crippen LogP contribution in [0.25, 0.3) is 134 Å². The highest BCUT2D eigenvalue weighted by Crippen LogP contribution is 2.45. The number of hydrogen-bond donors (Lipinski definition) is 0. The topological polar surface area (TPSA) is 135 Å². The van der Waals surface area contributed by atoms with Crippen LogP contribution in [0, 0.1) is 22.7 Å². The van der Waals surface area contributed by atoms with E-state index in [1.54, 1.807) is 12.1 Å². The Bertz CT molecular complexity index is 4810. The molecule has 0 amide bonds. The minimum atomic E-state index is -4.89. The van der Waals surface area contributed by atoms with Crippen LogP contribution in [0.5, 0.6) is 0 Å². The van der Waals surface area contributed by atoms with Gasteiger partial charge in [-0.3, -0.25) is 0 Å². The molecule has 0 aliphatic heterocycles. The zero-order valence-corrected chi connectivity index (χ0v) is 43.1. The zero-order chi connectivity index (χ0) is 55.5. The van der Waals surface area contributed by atoms with E-state index >= 15 is 13.2 Å². The smallest absolute Gasteiger partial charge is 0.307 e. The lowest BCUT2D eigenvalue weighted by Gasteiger charge is -2.21. The third-order valence-corrected chi connectivity index (χ3v) is 14.7. The number of nitrogens with zero attached hydrogens (tertiary/aromatic N) is 10. The Labute approximate surface area is 466 Å². The molecule has 4 heterocycles. The Morgan fingerprint density at radius 1 is 0.317 bits per heavy atom. The van der Waals surface area contributed by atoms with Crippen molar-refractivity contribution in [2.24, 2.45) is 0 Å². The summed E-state index contributed by atoms with van der Waals surface area (Å²) in [7, 11) is 0. The average molecular weight is 1070 g/mol. The maximum Gasteiger partial charge on any atom is 0.417 e. The first-order valence-electron chi connectivity index (χ1n) is 26.2. The molecule has 0 aliphatic rings. The second-order valence-electron chi connectivity index (χ2n) is 19.6. The van der Waals surface area contributed by atoms with Crippen molar-refractivity contribution in [3.8, 4) is 103 Å². The summed E-state index contributed by atoms with van der Waals surface area (Å²) in [5.41, 5.74) is 6.89. The van der Waals surface area contributed by atoms with Gasteiger partial charge in [-0.2, -0.15) is 23.7 Å². The molecular weight excluding hydrogens is 1030 g/mol. The first-order valence-corrected chi connectivity index (χ1v) is 26.2. The summed E-state index contributed by atoms with van der Waals surface area (Å²) in [5, 5.41) is 24.6. The zero-order valence-electron chi connectivity index (χ0n) is 43.1. The van der Waals surface area contributed by atoms with Crippen LogP contribution in [0.2, 0.25) is 0 Å². The summed E-state index contributed by atoms with van der Waals surface area (Å²) in [5.74, 6) is 2.74. The second-order valence-corrected chi connectivity index (χ2v) is 19.6. The summed E-state index contributed by atoms with van der Waals surface area (Å²) in [6.07, 6.45) is -4.89. The fourth-order valence-electron chi connectivity index (χ4n) is 10.9. The van der Waals surface area contributed by atoms with Crippen LogP contribution < -0.4 is 0 Å². The summed E-state index contributed by atoms with van der Waals surface area (Å²) < 4.78 is 50.3. The second kappa shape index (κ2) is 19.8. The van der Waals surface area contributed by atoms with Crippen LogP contribution in [-0.4, -0.2) is 39.0 Å². The number of fused-ring (bicyclic) bond motifs is 6. The Kier molecular flexibility index (Phi) is 11.8. The molecule has 0 fully saturated rings. The molecule has 14 rings (SSSR count). The quantitative estimate of drug-likeness (QED) is 0.139. The van der Waals surface area contributed by atoms with E-state index < -0.39 is 11.7 Å². The summed E-state index contributed by atoms with van der Waals surface area (Å²) in [4.78, 5) is 30.2. The maximum absolute atomic E-state index is 15.4. The van der Waals surface area contributed by atoms with Gasteiger partial charge in [-0.25, -0.2) is 29.9 Å². The minimum Gasteiger partial charge on any atom is -0.307 e. The molecule has 0 radical (unpaired) electrons. The van der Waals surface area contributed by atoms with E-state index in [1.165, 1.54) is 12.1 Å². The molecule has 0 saturated heterocycles. The van der Waals surface area contributed by atoms with Crippen molar-refractivity contribution in [1.82, 2.24) is 39.0 Å².